The van der Waals surface area contributed by atoms with Crippen molar-refractivity contribution in [2.24, 2.45) is 5.92 Å². The lowest BCUT2D eigenvalue weighted by Gasteiger charge is -2.31. The number of benzene rings is 1. The van der Waals surface area contributed by atoms with Gasteiger partial charge in [-0.05, 0) is 57.7 Å². The number of piperidine rings is 1. The maximum absolute atomic E-state index is 13.1. The third kappa shape index (κ3) is 4.78. The molecule has 1 aromatic rings. The third-order valence-corrected chi connectivity index (χ3v) is 7.50. The Labute approximate surface area is 178 Å². The van der Waals surface area contributed by atoms with Crippen LogP contribution in [0.1, 0.15) is 49.9 Å². The van der Waals surface area contributed by atoms with Crippen LogP contribution in [0.15, 0.2) is 23.1 Å². The summed E-state index contributed by atoms with van der Waals surface area (Å²) >= 11 is 0. The molecule has 2 heterocycles. The quantitative estimate of drug-likeness (QED) is 0.607. The first kappa shape index (κ1) is 22.6. The van der Waals surface area contributed by atoms with Gasteiger partial charge in [0.05, 0.1) is 19.1 Å². The fraction of sp³-hybridized carbons (Fsp3) is 0.619. The van der Waals surface area contributed by atoms with Gasteiger partial charge in [-0.25, -0.2) is 8.42 Å². The summed E-state index contributed by atoms with van der Waals surface area (Å²) in [5.41, 5.74) is 0.311. The van der Waals surface area contributed by atoms with Crippen molar-refractivity contribution in [3.05, 3.63) is 23.8 Å². The van der Waals surface area contributed by atoms with Crippen molar-refractivity contribution in [1.82, 2.24) is 9.21 Å². The van der Waals surface area contributed by atoms with E-state index in [4.69, 9.17) is 9.47 Å². The molecule has 30 heavy (non-hydrogen) atoms. The molecule has 0 radical (unpaired) electrons. The number of likely N-dealkylation sites (tertiary alicyclic amines) is 1. The molecule has 9 heteroatoms. The van der Waals surface area contributed by atoms with Crippen LogP contribution in [0.25, 0.3) is 0 Å². The molecule has 1 amide bonds. The number of ether oxygens (including phenoxy) is 2. The van der Waals surface area contributed by atoms with Gasteiger partial charge in [0.2, 0.25) is 10.0 Å². The molecule has 166 valence electrons. The molecule has 3 rings (SSSR count). The highest BCUT2D eigenvalue weighted by atomic mass is 32.2. The first-order valence-corrected chi connectivity index (χ1v) is 12.0. The van der Waals surface area contributed by atoms with Gasteiger partial charge in [0.15, 0.2) is 0 Å². The average Bonchev–Trinajstić information content (AvgIpc) is 3.30. The number of hydrogen-bond donors (Lipinski definition) is 0. The summed E-state index contributed by atoms with van der Waals surface area (Å²) in [4.78, 5) is 26.7. The Kier molecular flexibility index (Phi) is 7.36. The molecule has 1 aromatic carbocycles. The van der Waals surface area contributed by atoms with Crippen LogP contribution in [0, 0.1) is 5.92 Å². The van der Waals surface area contributed by atoms with Crippen LogP contribution < -0.4 is 4.74 Å². The van der Waals surface area contributed by atoms with Crippen molar-refractivity contribution in [2.75, 3.05) is 39.4 Å². The Morgan fingerprint density at radius 1 is 1.03 bits per heavy atom. The summed E-state index contributed by atoms with van der Waals surface area (Å²) in [6.45, 7) is 6.07. The van der Waals surface area contributed by atoms with Gasteiger partial charge >= 0.3 is 5.97 Å². The summed E-state index contributed by atoms with van der Waals surface area (Å²) in [6.07, 6.45) is 2.75. The minimum atomic E-state index is -3.73. The zero-order valence-corrected chi connectivity index (χ0v) is 18.4. The van der Waals surface area contributed by atoms with Gasteiger partial charge in [-0.2, -0.15) is 4.31 Å². The molecule has 0 bridgehead atoms. The minimum Gasteiger partial charge on any atom is -0.492 e. The fourth-order valence-corrected chi connectivity index (χ4v) is 5.62. The predicted octanol–water partition coefficient (Wildman–Crippen LogP) is 2.29. The van der Waals surface area contributed by atoms with E-state index >= 15 is 0 Å². The SMILES string of the molecule is CCOC(=O)C1CCN(C(=O)c2ccc(OCC)c(S(=O)(=O)N3CCCC3)c2)CC1. The Morgan fingerprint density at radius 2 is 1.70 bits per heavy atom. The van der Waals surface area contributed by atoms with Crippen LogP contribution in [0.3, 0.4) is 0 Å². The lowest BCUT2D eigenvalue weighted by atomic mass is 9.96. The molecule has 0 N–H and O–H groups in total. The first-order valence-electron chi connectivity index (χ1n) is 10.6. The Morgan fingerprint density at radius 3 is 2.30 bits per heavy atom. The van der Waals surface area contributed by atoms with Crippen LogP contribution in [-0.4, -0.2) is 68.9 Å². The molecular formula is C21H30N2O6S. The highest BCUT2D eigenvalue weighted by Gasteiger charge is 2.32. The van der Waals surface area contributed by atoms with E-state index in [0.29, 0.717) is 57.8 Å². The highest BCUT2D eigenvalue weighted by Crippen LogP contribution is 2.31. The van der Waals surface area contributed by atoms with Crippen LogP contribution in [0.2, 0.25) is 0 Å². The van der Waals surface area contributed by atoms with Crippen molar-refractivity contribution < 1.29 is 27.5 Å². The lowest BCUT2D eigenvalue weighted by molar-refractivity contribution is -0.149. The predicted molar refractivity (Wildman–Crippen MR) is 111 cm³/mol. The topological polar surface area (TPSA) is 93.2 Å². The van der Waals surface area contributed by atoms with E-state index < -0.39 is 10.0 Å². The number of esters is 1. The van der Waals surface area contributed by atoms with Crippen LogP contribution in [-0.2, 0) is 19.6 Å². The van der Waals surface area contributed by atoms with Gasteiger partial charge < -0.3 is 14.4 Å². The second-order valence-electron chi connectivity index (χ2n) is 7.52. The number of carbonyl (C=O) groups excluding carboxylic acids is 2. The maximum atomic E-state index is 13.1. The molecule has 0 aromatic heterocycles. The molecule has 0 saturated carbocycles. The number of amides is 1. The van der Waals surface area contributed by atoms with Crippen molar-refractivity contribution >= 4 is 21.9 Å². The second-order valence-corrected chi connectivity index (χ2v) is 9.43. The van der Waals surface area contributed by atoms with Crippen molar-refractivity contribution in [3.63, 3.8) is 0 Å². The molecule has 0 unspecified atom stereocenters. The highest BCUT2D eigenvalue weighted by molar-refractivity contribution is 7.89. The molecule has 0 aliphatic carbocycles. The third-order valence-electron chi connectivity index (χ3n) is 5.58. The van der Waals surface area contributed by atoms with E-state index in [2.05, 4.69) is 0 Å². The summed E-state index contributed by atoms with van der Waals surface area (Å²) in [7, 11) is -3.73. The van der Waals surface area contributed by atoms with E-state index in [0.717, 1.165) is 12.8 Å². The largest absolute Gasteiger partial charge is 0.492 e. The van der Waals surface area contributed by atoms with Gasteiger partial charge in [-0.3, -0.25) is 9.59 Å². The minimum absolute atomic E-state index is 0.0403. The zero-order chi connectivity index (χ0) is 21.7. The van der Waals surface area contributed by atoms with E-state index in [1.165, 1.54) is 10.4 Å². The Balaban J connectivity index is 1.79. The van der Waals surface area contributed by atoms with Gasteiger partial charge in [-0.15, -0.1) is 0 Å². The number of hydrogen-bond acceptors (Lipinski definition) is 6. The standard InChI is InChI=1S/C21H30N2O6S/c1-3-28-18-8-7-17(15-19(18)30(26,27)23-11-5-6-12-23)20(24)22-13-9-16(10-14-22)21(25)29-4-2/h7-8,15-16H,3-6,9-14H2,1-2H3. The van der Waals surface area contributed by atoms with Crippen molar-refractivity contribution in [1.29, 1.82) is 0 Å². The summed E-state index contributed by atoms with van der Waals surface area (Å²) in [5.74, 6) is -0.384. The van der Waals surface area contributed by atoms with E-state index in [1.54, 1.807) is 30.9 Å². The molecule has 2 aliphatic heterocycles. The molecule has 8 nitrogen and oxygen atoms in total. The number of nitrogens with zero attached hydrogens (tertiary/aromatic N) is 2. The Bertz CT molecular complexity index is 871. The number of sulfonamides is 1. The van der Waals surface area contributed by atoms with Gasteiger partial charge in [0.1, 0.15) is 10.6 Å². The van der Waals surface area contributed by atoms with E-state index in [1.807, 2.05) is 0 Å². The van der Waals surface area contributed by atoms with Crippen molar-refractivity contribution in [2.45, 2.75) is 44.4 Å². The van der Waals surface area contributed by atoms with Gasteiger partial charge in [0.25, 0.3) is 5.91 Å². The zero-order valence-electron chi connectivity index (χ0n) is 17.6. The van der Waals surface area contributed by atoms with Crippen LogP contribution >= 0.6 is 0 Å². The van der Waals surface area contributed by atoms with Crippen molar-refractivity contribution in [3.8, 4) is 5.75 Å². The average molecular weight is 439 g/mol. The van der Waals surface area contributed by atoms with Crippen LogP contribution in [0.5, 0.6) is 5.75 Å². The number of rotatable bonds is 7. The van der Waals surface area contributed by atoms with Crippen LogP contribution in [0.4, 0.5) is 0 Å². The first-order chi connectivity index (χ1) is 14.4. The van der Waals surface area contributed by atoms with Gasteiger partial charge in [0, 0.05) is 31.7 Å². The lowest BCUT2D eigenvalue weighted by Crippen LogP contribution is -2.40. The molecule has 2 saturated heterocycles. The number of carbonyl (C=O) groups is 2. The van der Waals surface area contributed by atoms with Gasteiger partial charge in [-0.1, -0.05) is 0 Å². The molecule has 2 aliphatic rings. The summed E-state index contributed by atoms with van der Waals surface area (Å²) < 4.78 is 38.3. The molecule has 2 fully saturated rings. The smallest absolute Gasteiger partial charge is 0.309 e. The van der Waals surface area contributed by atoms with E-state index in [-0.39, 0.29) is 28.4 Å². The van der Waals surface area contributed by atoms with E-state index in [9.17, 15) is 18.0 Å². The summed E-state index contributed by atoms with van der Waals surface area (Å²) in [5, 5.41) is 0. The molecule has 0 atom stereocenters. The molecular weight excluding hydrogens is 408 g/mol. The normalized spacial score (nSPS) is 18.4. The maximum Gasteiger partial charge on any atom is 0.309 e. The Hall–Kier alpha value is -2.13. The second kappa shape index (κ2) is 9.78. The molecule has 0 spiro atoms. The fourth-order valence-electron chi connectivity index (χ4n) is 3.95. The monoisotopic (exact) mass is 438 g/mol. The summed E-state index contributed by atoms with van der Waals surface area (Å²) in [6, 6.07) is 4.59.